The molecule has 18 heavy (non-hydrogen) atoms. The molecule has 0 atom stereocenters. The van der Waals surface area contributed by atoms with Crippen LogP contribution in [0.4, 0.5) is 11.6 Å². The molecule has 0 radical (unpaired) electrons. The van der Waals surface area contributed by atoms with Crippen molar-refractivity contribution >= 4 is 11.6 Å². The summed E-state index contributed by atoms with van der Waals surface area (Å²) in [5.41, 5.74) is 0.0517. The molecular weight excluding hydrogens is 226 g/mol. The number of aromatic nitrogens is 2. The summed E-state index contributed by atoms with van der Waals surface area (Å²) < 4.78 is 0. The van der Waals surface area contributed by atoms with Crippen molar-refractivity contribution in [1.29, 1.82) is 0 Å². The standard InChI is InChI=1S/C13H23N5/c1-9-15-11(17-10-7-14-8-10)6-12(16-9)18(5)13(2,3)4/h6,10,14H,7-8H2,1-5H3,(H,15,16,17). The third-order valence-corrected chi connectivity index (χ3v) is 3.31. The smallest absolute Gasteiger partial charge is 0.134 e. The number of nitrogens with one attached hydrogen (secondary N) is 2. The molecule has 1 aromatic heterocycles. The molecule has 1 saturated heterocycles. The SMILES string of the molecule is Cc1nc(NC2CNC2)cc(N(C)C(C)(C)C)n1. The maximum atomic E-state index is 4.51. The van der Waals surface area contributed by atoms with Crippen LogP contribution in [-0.4, -0.2) is 41.7 Å². The lowest BCUT2D eigenvalue weighted by molar-refractivity contribution is 0.470. The van der Waals surface area contributed by atoms with Crippen molar-refractivity contribution < 1.29 is 0 Å². The van der Waals surface area contributed by atoms with Gasteiger partial charge in [-0.2, -0.15) is 0 Å². The van der Waals surface area contributed by atoms with E-state index in [0.29, 0.717) is 6.04 Å². The summed E-state index contributed by atoms with van der Waals surface area (Å²) in [6.07, 6.45) is 0. The third-order valence-electron chi connectivity index (χ3n) is 3.31. The average Bonchev–Trinajstić information content (AvgIpc) is 2.20. The summed E-state index contributed by atoms with van der Waals surface area (Å²) >= 11 is 0. The van der Waals surface area contributed by atoms with E-state index in [1.54, 1.807) is 0 Å². The van der Waals surface area contributed by atoms with Gasteiger partial charge in [0.2, 0.25) is 0 Å². The van der Waals surface area contributed by atoms with Gasteiger partial charge in [-0.1, -0.05) is 0 Å². The van der Waals surface area contributed by atoms with Crippen LogP contribution in [0.1, 0.15) is 26.6 Å². The zero-order valence-electron chi connectivity index (χ0n) is 11.9. The van der Waals surface area contributed by atoms with Crippen LogP contribution in [0, 0.1) is 6.92 Å². The van der Waals surface area contributed by atoms with E-state index < -0.39 is 0 Å². The van der Waals surface area contributed by atoms with Crippen LogP contribution >= 0.6 is 0 Å². The van der Waals surface area contributed by atoms with Crippen LogP contribution in [0.25, 0.3) is 0 Å². The van der Waals surface area contributed by atoms with E-state index in [0.717, 1.165) is 30.5 Å². The Bertz CT molecular complexity index is 420. The number of hydrogen-bond acceptors (Lipinski definition) is 5. The molecule has 0 unspecified atom stereocenters. The van der Waals surface area contributed by atoms with Crippen molar-refractivity contribution in [3.8, 4) is 0 Å². The molecule has 0 spiro atoms. The van der Waals surface area contributed by atoms with E-state index in [1.807, 2.05) is 13.0 Å². The summed E-state index contributed by atoms with van der Waals surface area (Å²) in [4.78, 5) is 11.1. The molecule has 1 aliphatic rings. The van der Waals surface area contributed by atoms with Gasteiger partial charge in [0.15, 0.2) is 0 Å². The highest BCUT2D eigenvalue weighted by atomic mass is 15.2. The lowest BCUT2D eigenvalue weighted by Gasteiger charge is -2.34. The van der Waals surface area contributed by atoms with Crippen LogP contribution in [-0.2, 0) is 0 Å². The van der Waals surface area contributed by atoms with Crippen LogP contribution < -0.4 is 15.5 Å². The molecule has 0 aliphatic carbocycles. The molecule has 2 rings (SSSR count). The molecule has 0 aromatic carbocycles. The Morgan fingerprint density at radius 1 is 1.33 bits per heavy atom. The van der Waals surface area contributed by atoms with Gasteiger partial charge in [-0.15, -0.1) is 0 Å². The van der Waals surface area contributed by atoms with Crippen LogP contribution in [0.3, 0.4) is 0 Å². The van der Waals surface area contributed by atoms with E-state index >= 15 is 0 Å². The first-order valence-electron chi connectivity index (χ1n) is 6.43. The van der Waals surface area contributed by atoms with E-state index in [-0.39, 0.29) is 5.54 Å². The first-order valence-corrected chi connectivity index (χ1v) is 6.43. The molecule has 100 valence electrons. The highest BCUT2D eigenvalue weighted by Crippen LogP contribution is 2.22. The Morgan fingerprint density at radius 2 is 2.00 bits per heavy atom. The van der Waals surface area contributed by atoms with Gasteiger partial charge in [0.25, 0.3) is 0 Å². The molecule has 2 heterocycles. The summed E-state index contributed by atoms with van der Waals surface area (Å²) in [6, 6.07) is 2.52. The number of anilines is 2. The second-order valence-electron chi connectivity index (χ2n) is 5.89. The summed E-state index contributed by atoms with van der Waals surface area (Å²) in [5, 5.41) is 6.67. The fourth-order valence-electron chi connectivity index (χ4n) is 1.74. The van der Waals surface area contributed by atoms with Crippen molar-refractivity contribution in [3.05, 3.63) is 11.9 Å². The lowest BCUT2D eigenvalue weighted by atomic mass is 10.1. The van der Waals surface area contributed by atoms with Gasteiger partial charge < -0.3 is 15.5 Å². The maximum Gasteiger partial charge on any atom is 0.134 e. The minimum atomic E-state index is 0.0517. The number of nitrogens with zero attached hydrogens (tertiary/aromatic N) is 3. The van der Waals surface area contributed by atoms with Gasteiger partial charge in [0, 0.05) is 31.7 Å². The Hall–Kier alpha value is -1.36. The van der Waals surface area contributed by atoms with Crippen molar-refractivity contribution in [2.24, 2.45) is 0 Å². The summed E-state index contributed by atoms with van der Waals surface area (Å²) in [5.74, 6) is 2.68. The van der Waals surface area contributed by atoms with Crippen molar-refractivity contribution in [3.63, 3.8) is 0 Å². The first kappa shape index (κ1) is 13.1. The van der Waals surface area contributed by atoms with Gasteiger partial charge >= 0.3 is 0 Å². The number of hydrogen-bond donors (Lipinski definition) is 2. The van der Waals surface area contributed by atoms with E-state index in [1.165, 1.54) is 0 Å². The van der Waals surface area contributed by atoms with Crippen LogP contribution in [0.15, 0.2) is 6.07 Å². The van der Waals surface area contributed by atoms with E-state index in [2.05, 4.69) is 53.3 Å². The first-order chi connectivity index (χ1) is 8.36. The fourth-order valence-corrected chi connectivity index (χ4v) is 1.74. The second kappa shape index (κ2) is 4.72. The normalized spacial score (nSPS) is 16.3. The van der Waals surface area contributed by atoms with Gasteiger partial charge in [-0.3, -0.25) is 0 Å². The minimum absolute atomic E-state index is 0.0517. The zero-order valence-corrected chi connectivity index (χ0v) is 11.9. The van der Waals surface area contributed by atoms with Gasteiger partial charge in [0.1, 0.15) is 17.5 Å². The predicted octanol–water partition coefficient (Wildman–Crippen LogP) is 1.40. The zero-order chi connectivity index (χ0) is 13.3. The highest BCUT2D eigenvalue weighted by Gasteiger charge is 2.21. The molecule has 5 nitrogen and oxygen atoms in total. The topological polar surface area (TPSA) is 53.1 Å². The summed E-state index contributed by atoms with van der Waals surface area (Å²) in [7, 11) is 2.07. The number of rotatable bonds is 3. The second-order valence-corrected chi connectivity index (χ2v) is 5.89. The predicted molar refractivity (Wildman–Crippen MR) is 75.2 cm³/mol. The van der Waals surface area contributed by atoms with Crippen molar-refractivity contribution in [1.82, 2.24) is 15.3 Å². The molecule has 0 saturated carbocycles. The third kappa shape index (κ3) is 2.90. The highest BCUT2D eigenvalue weighted by molar-refractivity contribution is 5.51. The van der Waals surface area contributed by atoms with Gasteiger partial charge in [0.05, 0.1) is 6.04 Å². The number of aryl methyl sites for hydroxylation is 1. The van der Waals surface area contributed by atoms with Crippen LogP contribution in [0.2, 0.25) is 0 Å². The molecule has 0 bridgehead atoms. The molecular formula is C13H23N5. The molecule has 5 heteroatoms. The monoisotopic (exact) mass is 249 g/mol. The molecule has 0 amide bonds. The van der Waals surface area contributed by atoms with Crippen LogP contribution in [0.5, 0.6) is 0 Å². The minimum Gasteiger partial charge on any atom is -0.365 e. The Kier molecular flexibility index (Phi) is 3.43. The van der Waals surface area contributed by atoms with Crippen molar-refractivity contribution in [2.45, 2.75) is 39.3 Å². The summed E-state index contributed by atoms with van der Waals surface area (Å²) in [6.45, 7) is 10.5. The maximum absolute atomic E-state index is 4.51. The van der Waals surface area contributed by atoms with Gasteiger partial charge in [-0.25, -0.2) is 9.97 Å². The lowest BCUT2D eigenvalue weighted by Crippen LogP contribution is -2.51. The Morgan fingerprint density at radius 3 is 2.50 bits per heavy atom. The van der Waals surface area contributed by atoms with E-state index in [4.69, 9.17) is 0 Å². The Balaban J connectivity index is 2.20. The fraction of sp³-hybridized carbons (Fsp3) is 0.692. The van der Waals surface area contributed by atoms with Crippen molar-refractivity contribution in [2.75, 3.05) is 30.4 Å². The molecule has 2 N–H and O–H groups in total. The molecule has 1 aliphatic heterocycles. The largest absolute Gasteiger partial charge is 0.365 e. The van der Waals surface area contributed by atoms with E-state index in [9.17, 15) is 0 Å². The molecule has 1 aromatic rings. The molecule has 1 fully saturated rings. The van der Waals surface area contributed by atoms with Gasteiger partial charge in [-0.05, 0) is 27.7 Å². The quantitative estimate of drug-likeness (QED) is 0.848. The Labute approximate surface area is 109 Å². The average molecular weight is 249 g/mol.